The smallest absolute Gasteiger partial charge is 0.0271 e. The van der Waals surface area contributed by atoms with Gasteiger partial charge in [-0.3, -0.25) is 0 Å². The Kier molecular flexibility index (Phi) is 6.73. The molecular weight excluding hydrogens is 211 g/mol. The Labute approximate surface area is 103 Å². The van der Waals surface area contributed by atoms with Crippen molar-refractivity contribution in [2.24, 2.45) is 0 Å². The van der Waals surface area contributed by atoms with E-state index in [1.165, 1.54) is 61.4 Å². The van der Waals surface area contributed by atoms with Gasteiger partial charge in [-0.25, -0.2) is 0 Å². The van der Waals surface area contributed by atoms with Crippen LogP contribution in [-0.2, 0) is 6.42 Å². The molecule has 1 rings (SSSR count). The van der Waals surface area contributed by atoms with Gasteiger partial charge < -0.3 is 0 Å². The maximum atomic E-state index is 2.85. The van der Waals surface area contributed by atoms with Gasteiger partial charge >= 0.3 is 0 Å². The SMILES string of the molecule is CCCCCCCCc1cc(C)ccc1P. The highest BCUT2D eigenvalue weighted by Gasteiger charge is 1.98. The van der Waals surface area contributed by atoms with Gasteiger partial charge in [0.2, 0.25) is 0 Å². The lowest BCUT2D eigenvalue weighted by Gasteiger charge is -2.06. The Morgan fingerprint density at radius 1 is 1.00 bits per heavy atom. The molecule has 0 nitrogen and oxygen atoms in total. The third kappa shape index (κ3) is 5.12. The molecule has 1 aromatic rings. The summed E-state index contributed by atoms with van der Waals surface area (Å²) < 4.78 is 0. The standard InChI is InChI=1S/C15H25P/c1-3-4-5-6-7-8-9-14-12-13(2)10-11-15(14)16/h10-12H,3-9,16H2,1-2H3. The molecule has 16 heavy (non-hydrogen) atoms. The first kappa shape index (κ1) is 13.7. The largest absolute Gasteiger partial charge is 0.105 e. The monoisotopic (exact) mass is 236 g/mol. The highest BCUT2D eigenvalue weighted by molar-refractivity contribution is 7.27. The summed E-state index contributed by atoms with van der Waals surface area (Å²) in [5.41, 5.74) is 2.90. The average Bonchev–Trinajstić information content (AvgIpc) is 2.28. The quantitative estimate of drug-likeness (QED) is 0.486. The minimum Gasteiger partial charge on any atom is -0.105 e. The van der Waals surface area contributed by atoms with E-state index in [9.17, 15) is 0 Å². The predicted octanol–water partition coefficient (Wildman–Crippen LogP) is 4.40. The van der Waals surface area contributed by atoms with Gasteiger partial charge in [-0.05, 0) is 30.6 Å². The van der Waals surface area contributed by atoms with Gasteiger partial charge in [0, 0.05) is 0 Å². The van der Waals surface area contributed by atoms with E-state index in [4.69, 9.17) is 0 Å². The van der Waals surface area contributed by atoms with Crippen LogP contribution in [-0.4, -0.2) is 0 Å². The highest BCUT2D eigenvalue weighted by atomic mass is 31.0. The molecule has 1 aromatic carbocycles. The molecule has 1 heteroatoms. The summed E-state index contributed by atoms with van der Waals surface area (Å²) in [7, 11) is 2.85. The van der Waals surface area contributed by atoms with E-state index in [1.807, 2.05) is 0 Å². The molecule has 0 bridgehead atoms. The van der Waals surface area contributed by atoms with Crippen molar-refractivity contribution in [1.29, 1.82) is 0 Å². The summed E-state index contributed by atoms with van der Waals surface area (Å²) in [6.45, 7) is 4.45. The van der Waals surface area contributed by atoms with E-state index in [2.05, 4.69) is 41.3 Å². The molecule has 0 amide bonds. The minimum atomic E-state index is 1.24. The van der Waals surface area contributed by atoms with Crippen LogP contribution >= 0.6 is 9.24 Å². The van der Waals surface area contributed by atoms with Gasteiger partial charge in [0.1, 0.15) is 0 Å². The molecule has 0 N–H and O–H groups in total. The lowest BCUT2D eigenvalue weighted by molar-refractivity contribution is 0.608. The van der Waals surface area contributed by atoms with Gasteiger partial charge in [-0.15, -0.1) is 9.24 Å². The lowest BCUT2D eigenvalue weighted by atomic mass is 10.0. The topological polar surface area (TPSA) is 0 Å². The van der Waals surface area contributed by atoms with E-state index in [0.29, 0.717) is 0 Å². The van der Waals surface area contributed by atoms with Crippen molar-refractivity contribution in [2.45, 2.75) is 58.8 Å². The van der Waals surface area contributed by atoms with E-state index in [1.54, 1.807) is 0 Å². The van der Waals surface area contributed by atoms with E-state index < -0.39 is 0 Å². The molecule has 0 spiro atoms. The Morgan fingerprint density at radius 2 is 1.69 bits per heavy atom. The summed E-state index contributed by atoms with van der Waals surface area (Å²) in [4.78, 5) is 0. The number of aryl methyl sites for hydroxylation is 2. The molecule has 0 saturated carbocycles. The van der Waals surface area contributed by atoms with Gasteiger partial charge in [0.15, 0.2) is 0 Å². The zero-order chi connectivity index (χ0) is 11.8. The van der Waals surface area contributed by atoms with Crippen LogP contribution in [0.15, 0.2) is 18.2 Å². The molecule has 90 valence electrons. The van der Waals surface area contributed by atoms with Gasteiger partial charge in [-0.2, -0.15) is 0 Å². The fourth-order valence-corrected chi connectivity index (χ4v) is 2.37. The summed E-state index contributed by atoms with van der Waals surface area (Å²) >= 11 is 0. The first-order chi connectivity index (χ1) is 7.74. The predicted molar refractivity (Wildman–Crippen MR) is 77.6 cm³/mol. The van der Waals surface area contributed by atoms with Crippen LogP contribution < -0.4 is 5.30 Å². The molecule has 0 fully saturated rings. The molecule has 0 aliphatic heterocycles. The highest BCUT2D eigenvalue weighted by Crippen LogP contribution is 2.11. The summed E-state index contributed by atoms with van der Waals surface area (Å²) in [6.07, 6.45) is 9.54. The summed E-state index contributed by atoms with van der Waals surface area (Å²) in [5, 5.41) is 1.37. The molecule has 0 aliphatic rings. The first-order valence-electron chi connectivity index (χ1n) is 6.59. The Morgan fingerprint density at radius 3 is 2.44 bits per heavy atom. The fraction of sp³-hybridized carbons (Fsp3) is 0.600. The van der Waals surface area contributed by atoms with E-state index in [-0.39, 0.29) is 0 Å². The van der Waals surface area contributed by atoms with E-state index in [0.717, 1.165) is 0 Å². The number of benzene rings is 1. The van der Waals surface area contributed by atoms with Crippen LogP contribution in [0.25, 0.3) is 0 Å². The maximum Gasteiger partial charge on any atom is -0.0271 e. The summed E-state index contributed by atoms with van der Waals surface area (Å²) in [5.74, 6) is 0. The normalized spacial score (nSPS) is 10.7. The third-order valence-electron chi connectivity index (χ3n) is 3.10. The molecule has 1 unspecified atom stereocenters. The Hall–Kier alpha value is -0.350. The molecule has 0 saturated heterocycles. The van der Waals surface area contributed by atoms with Crippen molar-refractivity contribution in [3.8, 4) is 0 Å². The van der Waals surface area contributed by atoms with Crippen molar-refractivity contribution in [2.75, 3.05) is 0 Å². The lowest BCUT2D eigenvalue weighted by Crippen LogP contribution is -2.01. The third-order valence-corrected chi connectivity index (χ3v) is 3.66. The molecule has 0 aromatic heterocycles. The van der Waals surface area contributed by atoms with Crippen LogP contribution in [0.3, 0.4) is 0 Å². The van der Waals surface area contributed by atoms with Crippen molar-refractivity contribution in [3.63, 3.8) is 0 Å². The molecule has 0 radical (unpaired) electrons. The average molecular weight is 236 g/mol. The zero-order valence-corrected chi connectivity index (χ0v) is 11.9. The second-order valence-electron chi connectivity index (χ2n) is 4.72. The molecule has 0 heterocycles. The second kappa shape index (κ2) is 7.85. The maximum absolute atomic E-state index is 2.85. The van der Waals surface area contributed by atoms with Crippen molar-refractivity contribution in [3.05, 3.63) is 29.3 Å². The van der Waals surface area contributed by atoms with Crippen LogP contribution in [0.2, 0.25) is 0 Å². The van der Waals surface area contributed by atoms with E-state index >= 15 is 0 Å². The Bertz CT molecular complexity index is 304. The van der Waals surface area contributed by atoms with Gasteiger partial charge in [-0.1, -0.05) is 62.8 Å². The van der Waals surface area contributed by atoms with Crippen LogP contribution in [0.1, 0.15) is 56.6 Å². The molecular formula is C15H25P. The van der Waals surface area contributed by atoms with Gasteiger partial charge in [0.05, 0.1) is 0 Å². The van der Waals surface area contributed by atoms with Crippen LogP contribution in [0, 0.1) is 6.92 Å². The second-order valence-corrected chi connectivity index (χ2v) is 5.34. The molecule has 1 atom stereocenters. The number of hydrogen-bond acceptors (Lipinski definition) is 0. The first-order valence-corrected chi connectivity index (χ1v) is 7.16. The fourth-order valence-electron chi connectivity index (χ4n) is 2.05. The van der Waals surface area contributed by atoms with Crippen LogP contribution in [0.4, 0.5) is 0 Å². The number of rotatable bonds is 7. The van der Waals surface area contributed by atoms with Crippen molar-refractivity contribution in [1.82, 2.24) is 0 Å². The summed E-state index contributed by atoms with van der Waals surface area (Å²) in [6, 6.07) is 6.73. The number of unbranched alkanes of at least 4 members (excludes halogenated alkanes) is 5. The molecule has 0 aliphatic carbocycles. The minimum absolute atomic E-state index is 1.24. The van der Waals surface area contributed by atoms with Crippen LogP contribution in [0.5, 0.6) is 0 Å². The zero-order valence-electron chi connectivity index (χ0n) is 10.8. The number of hydrogen-bond donors (Lipinski definition) is 0. The van der Waals surface area contributed by atoms with Crippen molar-refractivity contribution >= 4 is 14.5 Å². The van der Waals surface area contributed by atoms with Crippen molar-refractivity contribution < 1.29 is 0 Å². The Balaban J connectivity index is 2.23. The van der Waals surface area contributed by atoms with Gasteiger partial charge in [0.25, 0.3) is 0 Å².